The number of para-hydroxylation sites is 2. The summed E-state index contributed by atoms with van der Waals surface area (Å²) in [6, 6.07) is 6.86. The van der Waals surface area contributed by atoms with Gasteiger partial charge in [0.25, 0.3) is 0 Å². The fraction of sp³-hybridized carbons (Fsp3) is 0.667. The fourth-order valence-corrected chi connectivity index (χ4v) is 2.85. The minimum absolute atomic E-state index is 0.0704. The lowest BCUT2D eigenvalue weighted by Crippen LogP contribution is -2.14. The molecule has 1 rings (SSSR count). The zero-order chi connectivity index (χ0) is 20.8. The van der Waals surface area contributed by atoms with E-state index in [4.69, 9.17) is 9.47 Å². The van der Waals surface area contributed by atoms with Crippen LogP contribution in [-0.4, -0.2) is 11.9 Å². The zero-order valence-electron chi connectivity index (χ0n) is 18.2. The summed E-state index contributed by atoms with van der Waals surface area (Å²) in [4.78, 5) is 24.2. The number of unbranched alkanes of at least 4 members (excludes halogenated alkanes) is 7. The van der Waals surface area contributed by atoms with Gasteiger partial charge in [0, 0.05) is 12.8 Å². The average Bonchev–Trinajstić information content (AvgIpc) is 2.63. The lowest BCUT2D eigenvalue weighted by molar-refractivity contribution is -0.137. The van der Waals surface area contributed by atoms with Gasteiger partial charge in [0.05, 0.1) is 0 Å². The van der Waals surface area contributed by atoms with Crippen molar-refractivity contribution in [2.45, 2.75) is 98.3 Å². The number of benzene rings is 1. The fourth-order valence-electron chi connectivity index (χ4n) is 2.85. The van der Waals surface area contributed by atoms with Crippen LogP contribution in [0.4, 0.5) is 0 Å². The predicted molar refractivity (Wildman–Crippen MR) is 114 cm³/mol. The molecular weight excluding hydrogens is 352 g/mol. The van der Waals surface area contributed by atoms with Gasteiger partial charge in [0.2, 0.25) is 0 Å². The van der Waals surface area contributed by atoms with Gasteiger partial charge in [-0.1, -0.05) is 84.8 Å². The molecule has 0 N–H and O–H groups in total. The molecule has 0 fully saturated rings. The Morgan fingerprint density at radius 2 is 1.21 bits per heavy atom. The first-order valence-corrected chi connectivity index (χ1v) is 10.8. The summed E-state index contributed by atoms with van der Waals surface area (Å²) in [5.41, 5.74) is 0.0704. The highest BCUT2D eigenvalue weighted by atomic mass is 16.6. The molecule has 0 spiro atoms. The normalized spacial score (nSPS) is 11.3. The van der Waals surface area contributed by atoms with E-state index in [0.29, 0.717) is 24.3 Å². The minimum atomic E-state index is -0.304. The summed E-state index contributed by atoms with van der Waals surface area (Å²) in [6.07, 6.45) is 10.9. The molecule has 0 unspecified atom stereocenters. The molecule has 0 bridgehead atoms. The van der Waals surface area contributed by atoms with E-state index in [1.54, 1.807) is 24.3 Å². The SMILES string of the molecule is CCCCCCCCCCC(=O)Oc1ccccc1OC(=O)CCC(C)(C)C. The van der Waals surface area contributed by atoms with Crippen LogP contribution in [-0.2, 0) is 9.59 Å². The molecule has 0 heterocycles. The number of hydrogen-bond acceptors (Lipinski definition) is 4. The van der Waals surface area contributed by atoms with Crippen molar-refractivity contribution < 1.29 is 19.1 Å². The van der Waals surface area contributed by atoms with Crippen molar-refractivity contribution in [2.75, 3.05) is 0 Å². The van der Waals surface area contributed by atoms with E-state index in [2.05, 4.69) is 27.7 Å². The van der Waals surface area contributed by atoms with E-state index < -0.39 is 0 Å². The Hall–Kier alpha value is -1.84. The van der Waals surface area contributed by atoms with E-state index in [-0.39, 0.29) is 17.4 Å². The van der Waals surface area contributed by atoms with Crippen molar-refractivity contribution in [3.8, 4) is 11.5 Å². The van der Waals surface area contributed by atoms with Gasteiger partial charge in [-0.3, -0.25) is 9.59 Å². The van der Waals surface area contributed by atoms with Gasteiger partial charge >= 0.3 is 11.9 Å². The lowest BCUT2D eigenvalue weighted by Gasteiger charge is -2.17. The van der Waals surface area contributed by atoms with Crippen LogP contribution in [0.5, 0.6) is 11.5 Å². The maximum absolute atomic E-state index is 12.1. The maximum atomic E-state index is 12.1. The molecule has 0 aliphatic carbocycles. The highest BCUT2D eigenvalue weighted by Gasteiger charge is 2.16. The Labute approximate surface area is 171 Å². The van der Waals surface area contributed by atoms with Crippen molar-refractivity contribution >= 4 is 11.9 Å². The summed E-state index contributed by atoms with van der Waals surface area (Å²) >= 11 is 0. The monoisotopic (exact) mass is 390 g/mol. The molecule has 0 aliphatic rings. The predicted octanol–water partition coefficient (Wildman–Crippen LogP) is 6.85. The van der Waals surface area contributed by atoms with E-state index in [0.717, 1.165) is 19.3 Å². The standard InChI is InChI=1S/C24H38O4/c1-5-6-7-8-9-10-11-12-17-22(25)27-20-15-13-14-16-21(20)28-23(26)18-19-24(2,3)4/h13-16H,5-12,17-19H2,1-4H3. The second kappa shape index (κ2) is 13.4. The Morgan fingerprint density at radius 3 is 1.71 bits per heavy atom. The average molecular weight is 391 g/mol. The van der Waals surface area contributed by atoms with Crippen LogP contribution < -0.4 is 9.47 Å². The smallest absolute Gasteiger partial charge is 0.311 e. The molecule has 4 heteroatoms. The summed E-state index contributed by atoms with van der Waals surface area (Å²) in [7, 11) is 0. The number of rotatable bonds is 13. The lowest BCUT2D eigenvalue weighted by atomic mass is 9.91. The van der Waals surface area contributed by atoms with Gasteiger partial charge in [-0.25, -0.2) is 0 Å². The van der Waals surface area contributed by atoms with Crippen molar-refractivity contribution in [3.05, 3.63) is 24.3 Å². The Balaban J connectivity index is 2.35. The highest BCUT2D eigenvalue weighted by Crippen LogP contribution is 2.28. The third-order valence-corrected chi connectivity index (χ3v) is 4.61. The molecule has 0 saturated carbocycles. The van der Waals surface area contributed by atoms with Gasteiger partial charge in [-0.15, -0.1) is 0 Å². The van der Waals surface area contributed by atoms with Gasteiger partial charge in [-0.2, -0.15) is 0 Å². The number of esters is 2. The van der Waals surface area contributed by atoms with Crippen LogP contribution in [0, 0.1) is 5.41 Å². The maximum Gasteiger partial charge on any atom is 0.311 e. The molecule has 4 nitrogen and oxygen atoms in total. The number of hydrogen-bond donors (Lipinski definition) is 0. The molecule has 1 aromatic carbocycles. The van der Waals surface area contributed by atoms with Crippen LogP contribution in [0.3, 0.4) is 0 Å². The molecule has 0 aliphatic heterocycles. The number of carbonyl (C=O) groups excluding carboxylic acids is 2. The quantitative estimate of drug-likeness (QED) is 0.210. The molecule has 0 atom stereocenters. The van der Waals surface area contributed by atoms with Gasteiger partial charge in [-0.05, 0) is 30.4 Å². The summed E-state index contributed by atoms with van der Waals surface area (Å²) < 4.78 is 10.9. The minimum Gasteiger partial charge on any atom is -0.423 e. The van der Waals surface area contributed by atoms with Crippen LogP contribution >= 0.6 is 0 Å². The first-order chi connectivity index (χ1) is 13.3. The molecule has 0 aromatic heterocycles. The topological polar surface area (TPSA) is 52.6 Å². The molecule has 1 aromatic rings. The second-order valence-corrected chi connectivity index (χ2v) is 8.68. The molecule has 0 saturated heterocycles. The van der Waals surface area contributed by atoms with Crippen LogP contribution in [0.1, 0.15) is 98.3 Å². The molecule has 28 heavy (non-hydrogen) atoms. The van der Waals surface area contributed by atoms with E-state index in [1.807, 2.05) is 0 Å². The van der Waals surface area contributed by atoms with Gasteiger partial charge in [0.1, 0.15) is 0 Å². The molecule has 0 radical (unpaired) electrons. The summed E-state index contributed by atoms with van der Waals surface area (Å²) in [5.74, 6) is 0.0486. The molecule has 158 valence electrons. The van der Waals surface area contributed by atoms with Crippen molar-refractivity contribution in [1.29, 1.82) is 0 Å². The van der Waals surface area contributed by atoms with E-state index >= 15 is 0 Å². The Morgan fingerprint density at radius 1 is 0.750 bits per heavy atom. The number of carbonyl (C=O) groups is 2. The number of ether oxygens (including phenoxy) is 2. The first kappa shape index (κ1) is 24.2. The first-order valence-electron chi connectivity index (χ1n) is 10.8. The van der Waals surface area contributed by atoms with Crippen LogP contribution in [0.2, 0.25) is 0 Å². The van der Waals surface area contributed by atoms with Gasteiger partial charge in [0.15, 0.2) is 11.5 Å². The Bertz CT molecular complexity index is 587. The van der Waals surface area contributed by atoms with Crippen molar-refractivity contribution in [2.24, 2.45) is 5.41 Å². The zero-order valence-corrected chi connectivity index (χ0v) is 18.2. The largest absolute Gasteiger partial charge is 0.423 e. The summed E-state index contributed by atoms with van der Waals surface area (Å²) in [6.45, 7) is 8.47. The third-order valence-electron chi connectivity index (χ3n) is 4.61. The second-order valence-electron chi connectivity index (χ2n) is 8.68. The van der Waals surface area contributed by atoms with Crippen molar-refractivity contribution in [1.82, 2.24) is 0 Å². The van der Waals surface area contributed by atoms with Gasteiger partial charge < -0.3 is 9.47 Å². The third kappa shape index (κ3) is 11.8. The van der Waals surface area contributed by atoms with E-state index in [1.165, 1.54) is 38.5 Å². The highest BCUT2D eigenvalue weighted by molar-refractivity contribution is 5.76. The van der Waals surface area contributed by atoms with Crippen LogP contribution in [0.25, 0.3) is 0 Å². The molecular formula is C24H38O4. The Kier molecular flexibility index (Phi) is 11.5. The summed E-state index contributed by atoms with van der Waals surface area (Å²) in [5, 5.41) is 0. The van der Waals surface area contributed by atoms with Crippen LogP contribution in [0.15, 0.2) is 24.3 Å². The van der Waals surface area contributed by atoms with Crippen molar-refractivity contribution in [3.63, 3.8) is 0 Å². The van der Waals surface area contributed by atoms with E-state index in [9.17, 15) is 9.59 Å². The molecule has 0 amide bonds.